The van der Waals surface area contributed by atoms with Crippen molar-refractivity contribution in [2.45, 2.75) is 13.8 Å². The van der Waals surface area contributed by atoms with Gasteiger partial charge in [0, 0.05) is 16.2 Å². The topological polar surface area (TPSA) is 52.5 Å². The van der Waals surface area contributed by atoms with Crippen LogP contribution >= 0.6 is 15.9 Å². The van der Waals surface area contributed by atoms with E-state index < -0.39 is 0 Å². The van der Waals surface area contributed by atoms with Gasteiger partial charge in [-0.2, -0.15) is 0 Å². The second kappa shape index (κ2) is 5.07. The number of imidazole rings is 1. The predicted molar refractivity (Wildman–Crippen MR) is 88.8 cm³/mol. The molecule has 3 rings (SSSR count). The van der Waals surface area contributed by atoms with Gasteiger partial charge in [-0.15, -0.1) is 0 Å². The molecule has 0 aliphatic rings. The van der Waals surface area contributed by atoms with Gasteiger partial charge < -0.3 is 10.5 Å². The summed E-state index contributed by atoms with van der Waals surface area (Å²) in [4.78, 5) is 4.66. The highest BCUT2D eigenvalue weighted by Gasteiger charge is 2.13. The third-order valence-corrected chi connectivity index (χ3v) is 4.44. The number of aromatic nitrogens is 2. The van der Waals surface area contributed by atoms with Gasteiger partial charge in [0.1, 0.15) is 22.9 Å². The van der Waals surface area contributed by atoms with E-state index in [2.05, 4.69) is 20.9 Å². The molecule has 108 valence electrons. The molecule has 21 heavy (non-hydrogen) atoms. The molecule has 0 amide bonds. The van der Waals surface area contributed by atoms with Gasteiger partial charge in [0.15, 0.2) is 0 Å². The van der Waals surface area contributed by atoms with Crippen molar-refractivity contribution >= 4 is 27.4 Å². The lowest BCUT2D eigenvalue weighted by atomic mass is 10.1. The Bertz CT molecular complexity index is 839. The first kappa shape index (κ1) is 13.9. The van der Waals surface area contributed by atoms with Gasteiger partial charge in [-0.1, -0.05) is 0 Å². The normalized spacial score (nSPS) is 11.0. The number of benzene rings is 1. The fourth-order valence-electron chi connectivity index (χ4n) is 2.42. The van der Waals surface area contributed by atoms with Crippen LogP contribution in [0.4, 0.5) is 5.82 Å². The molecule has 0 atom stereocenters. The molecule has 4 nitrogen and oxygen atoms in total. The number of pyridine rings is 1. The number of hydrogen-bond acceptors (Lipinski definition) is 3. The van der Waals surface area contributed by atoms with Crippen LogP contribution in [0, 0.1) is 13.8 Å². The molecule has 0 radical (unpaired) electrons. The Morgan fingerprint density at radius 1 is 1.19 bits per heavy atom. The number of halogens is 1. The highest BCUT2D eigenvalue weighted by atomic mass is 79.9. The summed E-state index contributed by atoms with van der Waals surface area (Å²) in [5.74, 6) is 1.50. The number of nitrogens with two attached hydrogens (primary N) is 1. The molecular weight excluding hydrogens is 330 g/mol. The molecule has 0 spiro atoms. The Labute approximate surface area is 131 Å². The van der Waals surface area contributed by atoms with Crippen LogP contribution in [0.5, 0.6) is 5.75 Å². The lowest BCUT2D eigenvalue weighted by Gasteiger charge is -2.06. The van der Waals surface area contributed by atoms with Gasteiger partial charge in [-0.3, -0.25) is 4.40 Å². The third kappa shape index (κ3) is 2.27. The van der Waals surface area contributed by atoms with Gasteiger partial charge in [0.25, 0.3) is 0 Å². The minimum atomic E-state index is 0.635. The molecule has 3 aromatic rings. The average molecular weight is 346 g/mol. The van der Waals surface area contributed by atoms with Crippen LogP contribution < -0.4 is 10.5 Å². The van der Waals surface area contributed by atoms with Crippen LogP contribution in [0.3, 0.4) is 0 Å². The van der Waals surface area contributed by atoms with Crippen molar-refractivity contribution in [2.75, 3.05) is 12.8 Å². The number of anilines is 1. The highest BCUT2D eigenvalue weighted by molar-refractivity contribution is 9.10. The Hall–Kier alpha value is -2.01. The smallest absolute Gasteiger partial charge is 0.139 e. The molecule has 0 fully saturated rings. The van der Waals surface area contributed by atoms with E-state index >= 15 is 0 Å². The summed E-state index contributed by atoms with van der Waals surface area (Å²) in [5, 5.41) is 0. The van der Waals surface area contributed by atoms with E-state index in [0.29, 0.717) is 5.82 Å². The van der Waals surface area contributed by atoms with Crippen molar-refractivity contribution in [1.82, 2.24) is 9.38 Å². The minimum Gasteiger partial charge on any atom is -0.496 e. The van der Waals surface area contributed by atoms with E-state index in [0.717, 1.165) is 38.3 Å². The molecule has 5 heteroatoms. The number of nitrogen functional groups attached to an aromatic ring is 1. The number of fused-ring (bicyclic) bond motifs is 1. The number of rotatable bonds is 2. The van der Waals surface area contributed by atoms with Crippen molar-refractivity contribution in [1.29, 1.82) is 0 Å². The minimum absolute atomic E-state index is 0.635. The Balaban J connectivity index is 2.21. The molecule has 0 bridgehead atoms. The summed E-state index contributed by atoms with van der Waals surface area (Å²) in [6.07, 6.45) is 1.95. The van der Waals surface area contributed by atoms with E-state index in [-0.39, 0.29) is 0 Å². The van der Waals surface area contributed by atoms with E-state index in [9.17, 15) is 0 Å². The highest BCUT2D eigenvalue weighted by Crippen LogP contribution is 2.31. The van der Waals surface area contributed by atoms with Gasteiger partial charge in [0.05, 0.1) is 7.11 Å². The lowest BCUT2D eigenvalue weighted by Crippen LogP contribution is -1.95. The maximum atomic E-state index is 6.26. The first-order valence-corrected chi connectivity index (χ1v) is 7.39. The number of methoxy groups -OCH3 is 1. The Kier molecular flexibility index (Phi) is 3.37. The standard InChI is InChI=1S/C16H16BrN3O/c1-9-7-14-19-15(16(18)20(14)8-12(9)17)11-4-5-13(21-3)10(2)6-11/h4-8H,18H2,1-3H3. The number of nitrogens with zero attached hydrogens (tertiary/aromatic N) is 2. The monoisotopic (exact) mass is 345 g/mol. The second-order valence-corrected chi connectivity index (χ2v) is 5.92. The van der Waals surface area contributed by atoms with Crippen molar-refractivity contribution in [3.63, 3.8) is 0 Å². The molecular formula is C16H16BrN3O. The zero-order valence-electron chi connectivity index (χ0n) is 12.1. The molecule has 1 aromatic carbocycles. The molecule has 0 unspecified atom stereocenters. The fourth-order valence-corrected chi connectivity index (χ4v) is 2.74. The van der Waals surface area contributed by atoms with Crippen LogP contribution in [0.1, 0.15) is 11.1 Å². The third-order valence-electron chi connectivity index (χ3n) is 3.61. The van der Waals surface area contributed by atoms with Crippen LogP contribution in [0.25, 0.3) is 16.9 Å². The Morgan fingerprint density at radius 2 is 1.95 bits per heavy atom. The molecule has 0 saturated heterocycles. The molecule has 2 N–H and O–H groups in total. The summed E-state index contributed by atoms with van der Waals surface area (Å²) >= 11 is 3.53. The molecule has 2 aromatic heterocycles. The summed E-state index contributed by atoms with van der Waals surface area (Å²) in [7, 11) is 1.67. The van der Waals surface area contributed by atoms with Crippen LogP contribution in [0.2, 0.25) is 0 Å². The summed E-state index contributed by atoms with van der Waals surface area (Å²) < 4.78 is 8.20. The zero-order chi connectivity index (χ0) is 15.1. The van der Waals surface area contributed by atoms with Gasteiger partial charge in [-0.25, -0.2) is 4.98 Å². The van der Waals surface area contributed by atoms with E-state index in [1.165, 1.54) is 0 Å². The molecule has 0 aliphatic carbocycles. The van der Waals surface area contributed by atoms with E-state index in [1.54, 1.807) is 7.11 Å². The SMILES string of the molecule is COc1ccc(-c2nc3cc(C)c(Br)cn3c2N)cc1C. The van der Waals surface area contributed by atoms with Crippen molar-refractivity contribution in [2.24, 2.45) is 0 Å². The largest absolute Gasteiger partial charge is 0.496 e. The van der Waals surface area contributed by atoms with Gasteiger partial charge in [0.2, 0.25) is 0 Å². The predicted octanol–water partition coefficient (Wildman–Crippen LogP) is 3.97. The van der Waals surface area contributed by atoms with Gasteiger partial charge in [-0.05, 0) is 65.2 Å². The molecule has 0 saturated carbocycles. The molecule has 2 heterocycles. The number of ether oxygens (including phenoxy) is 1. The maximum Gasteiger partial charge on any atom is 0.139 e. The second-order valence-electron chi connectivity index (χ2n) is 5.06. The van der Waals surface area contributed by atoms with E-state index in [1.807, 2.05) is 48.7 Å². The quantitative estimate of drug-likeness (QED) is 0.764. The van der Waals surface area contributed by atoms with Crippen molar-refractivity contribution < 1.29 is 4.74 Å². The van der Waals surface area contributed by atoms with Crippen LogP contribution in [0.15, 0.2) is 34.9 Å². The maximum absolute atomic E-state index is 6.26. The zero-order valence-corrected chi connectivity index (χ0v) is 13.7. The molecule has 0 aliphatic heterocycles. The first-order chi connectivity index (χ1) is 10.0. The summed E-state index contributed by atoms with van der Waals surface area (Å²) in [6, 6.07) is 7.97. The van der Waals surface area contributed by atoms with Crippen molar-refractivity contribution in [3.8, 4) is 17.0 Å². The Morgan fingerprint density at radius 3 is 2.62 bits per heavy atom. The average Bonchev–Trinajstić information content (AvgIpc) is 2.76. The number of aryl methyl sites for hydroxylation is 2. The van der Waals surface area contributed by atoms with Crippen LogP contribution in [-0.4, -0.2) is 16.5 Å². The first-order valence-electron chi connectivity index (χ1n) is 6.60. The fraction of sp³-hybridized carbons (Fsp3) is 0.188. The van der Waals surface area contributed by atoms with Crippen LogP contribution in [-0.2, 0) is 0 Å². The van der Waals surface area contributed by atoms with Gasteiger partial charge >= 0.3 is 0 Å². The summed E-state index contributed by atoms with van der Waals surface area (Å²) in [5.41, 5.74) is 11.1. The van der Waals surface area contributed by atoms with Crippen molar-refractivity contribution in [3.05, 3.63) is 46.1 Å². The summed E-state index contributed by atoms with van der Waals surface area (Å²) in [6.45, 7) is 4.04. The number of hydrogen-bond donors (Lipinski definition) is 1. The lowest BCUT2D eigenvalue weighted by molar-refractivity contribution is 0.412. The van der Waals surface area contributed by atoms with E-state index in [4.69, 9.17) is 10.5 Å².